The zero-order valence-corrected chi connectivity index (χ0v) is 97.3. The number of hydrogen-bond acceptors (Lipinski definition) is 12. The molecule has 0 spiro atoms. The molecule has 0 atom stereocenters. The number of carbonyl (C=O) groups excluding carboxylic acids is 4. The standard InChI is InChI=1S/4C20H20N.C15H24O2.C13H20O2.C13H24O2.C5H8O2.4Ir/c3*1-4-7-16-13-20(17-11-14(2)10-15(3)12-17)21-19-9-6-5-8-18(16)19;1-4-6-16-7-5-8-20-18(16)9-10-19(21-20)17-12-14(2)11-15(3)13-17;16-14(12-7-3-1-4-8-12)11-15(17)13-9-5-2-6-10-13;14-12(10-5-1-2-6-10)9-13(15)11-7-3-4-8-11;1-5-10(6-2)12(14)9-13(15)11(7-3)8-4;1-4(6)3-5(2)7;;;;/h3*5-6,8-11,13H,4,7H2,1-3H3;5,7-12H,4,6H2,1-3H3;11-13,16H,1-10H2;9-11,14H,1-8H2;9-11,14H,5-8H2,1-4H3;3,6H,1-2H3;;;;/q4*-1;;;;;;;;. The minimum Gasteiger partial charge on any atom is -0.512 e. The number of rotatable bonds is 26. The number of para-hydroxylation sites is 3. The number of benzene rings is 8. The fraction of sp³-hybridized carbons (Fsp3) is 0.429. The van der Waals surface area contributed by atoms with Gasteiger partial charge < -0.3 is 20.4 Å². The van der Waals surface area contributed by atoms with Gasteiger partial charge >= 0.3 is 0 Å². The molecule has 12 nitrogen and oxygen atoms in total. The van der Waals surface area contributed by atoms with Crippen molar-refractivity contribution in [2.75, 3.05) is 0 Å². The predicted octanol–water partition coefficient (Wildman–Crippen LogP) is 33.5. The number of carbonyl (C=O) groups is 4. The Hall–Kier alpha value is -9.16. The molecule has 0 bridgehead atoms. The number of ketones is 4. The minimum absolute atomic E-state index is 0. The van der Waals surface area contributed by atoms with Crippen LogP contribution >= 0.6 is 0 Å². The van der Waals surface area contributed by atoms with Crippen molar-refractivity contribution in [1.29, 1.82) is 0 Å². The Morgan fingerprint density at radius 2 is 0.599 bits per heavy atom. The summed E-state index contributed by atoms with van der Waals surface area (Å²) >= 11 is 0. The molecule has 4 N–H and O–H groups in total. The Morgan fingerprint density at radius 1 is 0.317 bits per heavy atom. The van der Waals surface area contributed by atoms with E-state index in [4.69, 9.17) is 25.0 Å². The van der Waals surface area contributed by atoms with Gasteiger partial charge in [-0.2, -0.15) is 0 Å². The number of allylic oxidation sites excluding steroid dienone is 8. The van der Waals surface area contributed by atoms with Gasteiger partial charge in [0.15, 0.2) is 23.1 Å². The summed E-state index contributed by atoms with van der Waals surface area (Å²) in [5, 5.41) is 43.0. The van der Waals surface area contributed by atoms with Crippen LogP contribution in [0.3, 0.4) is 0 Å². The summed E-state index contributed by atoms with van der Waals surface area (Å²) < 4.78 is 0. The molecule has 4 aliphatic rings. The van der Waals surface area contributed by atoms with Crippen molar-refractivity contribution in [2.24, 2.45) is 35.5 Å². The van der Waals surface area contributed by atoms with Gasteiger partial charge in [-0.15, -0.1) is 140 Å². The van der Waals surface area contributed by atoms with E-state index < -0.39 is 0 Å². The molecule has 4 aliphatic carbocycles. The summed E-state index contributed by atoms with van der Waals surface area (Å²) in [4.78, 5) is 64.9. The summed E-state index contributed by atoms with van der Waals surface area (Å²) in [6, 6.07) is 73.6. The second-order valence-corrected chi connectivity index (χ2v) is 38.7. The third-order valence-electron chi connectivity index (χ3n) is 26.6. The average Bonchev–Trinajstić information content (AvgIpc) is 0.981. The van der Waals surface area contributed by atoms with E-state index in [2.05, 4.69) is 277 Å². The van der Waals surface area contributed by atoms with Crippen molar-refractivity contribution in [2.45, 2.75) is 317 Å². The molecule has 0 saturated heterocycles. The van der Waals surface area contributed by atoms with Crippen LogP contribution in [0.4, 0.5) is 0 Å². The number of hydrogen-bond donors (Lipinski definition) is 4. The molecule has 142 heavy (non-hydrogen) atoms. The van der Waals surface area contributed by atoms with Crippen LogP contribution in [0.2, 0.25) is 0 Å². The Labute approximate surface area is 905 Å². The van der Waals surface area contributed by atoms with Crippen molar-refractivity contribution < 1.29 is 120 Å². The van der Waals surface area contributed by atoms with E-state index in [-0.39, 0.29) is 151 Å². The van der Waals surface area contributed by atoms with Gasteiger partial charge in [0, 0.05) is 162 Å². The van der Waals surface area contributed by atoms with Gasteiger partial charge in [-0.3, -0.25) is 39.1 Å². The third kappa shape index (κ3) is 39.3. The van der Waals surface area contributed by atoms with Crippen molar-refractivity contribution in [1.82, 2.24) is 19.9 Å². The number of nitrogens with zero attached hydrogens (tertiary/aromatic N) is 4. The van der Waals surface area contributed by atoms with E-state index in [0.29, 0.717) is 11.5 Å². The SMILES string of the molecule is CC(=O)C=C(C)O.CCC(CC)C(=O)C=C(O)C(CC)CC.CCCc1cc(-c2[c-]c(C)cc(C)c2)nc2ccccc12.CCCc1cc(-c2[c-]c(C)cc(C)c2)nc2ccccc12.CCCc1cc(-c2[c-]c(C)cc(C)c2)nc2ccccc12.CCCc1cccc2nc(-c3[c-]c(C)cc(C)c3)ccc12.O=C(C=C(O)C1CCCC1)C1CCCC1.O=C(C=C(O)C1CCCCC1)C1CCCCC1.[Ir].[Ir].[Ir].[Ir]. The van der Waals surface area contributed by atoms with E-state index in [0.717, 1.165) is 218 Å². The minimum atomic E-state index is -0.125. The Kier molecular flexibility index (Phi) is 56.1. The summed E-state index contributed by atoms with van der Waals surface area (Å²) in [6.45, 7) is 36.6. The molecule has 8 aromatic carbocycles. The maximum atomic E-state index is 12.0. The molecule has 4 heterocycles. The van der Waals surface area contributed by atoms with Crippen molar-refractivity contribution in [3.63, 3.8) is 0 Å². The quantitative estimate of drug-likeness (QED) is 0.0227. The van der Waals surface area contributed by atoms with Crippen LogP contribution in [-0.4, -0.2) is 63.5 Å². The van der Waals surface area contributed by atoms with E-state index in [1.54, 1.807) is 6.08 Å². The molecule has 0 aliphatic heterocycles. The normalized spacial score (nSPS) is 14.0. The number of aromatic nitrogens is 4. The van der Waals surface area contributed by atoms with Crippen LogP contribution in [0.15, 0.2) is 217 Å². The van der Waals surface area contributed by atoms with Crippen molar-refractivity contribution >= 4 is 66.7 Å². The van der Waals surface area contributed by atoms with Gasteiger partial charge in [0.1, 0.15) is 0 Å². The first kappa shape index (κ1) is 123. The third-order valence-corrected chi connectivity index (χ3v) is 26.6. The molecular formula is C126H156Ir4N4O8-4. The maximum absolute atomic E-state index is 12.0. The molecular weight excluding hydrogens is 2470 g/mol. The Balaban J connectivity index is 0.000000288. The number of fused-ring (bicyclic) bond motifs is 4. The molecule has 0 unspecified atom stereocenters. The summed E-state index contributed by atoms with van der Waals surface area (Å²) in [6.07, 6.45) is 38.4. The molecule has 12 aromatic rings. The van der Waals surface area contributed by atoms with Gasteiger partial charge in [0.2, 0.25) is 0 Å². The van der Waals surface area contributed by atoms with Gasteiger partial charge in [-0.1, -0.05) is 298 Å². The molecule has 768 valence electrons. The van der Waals surface area contributed by atoms with Crippen LogP contribution in [0.25, 0.3) is 88.6 Å². The predicted molar refractivity (Wildman–Crippen MR) is 577 cm³/mol. The topological polar surface area (TPSA) is 201 Å². The summed E-state index contributed by atoms with van der Waals surface area (Å²) in [5.41, 5.74) is 28.0. The summed E-state index contributed by atoms with van der Waals surface area (Å²) in [5.74, 6) is 2.46. The smallest absolute Gasteiger partial charge is 0.162 e. The van der Waals surface area contributed by atoms with Crippen LogP contribution in [0, 0.1) is 115 Å². The zero-order chi connectivity index (χ0) is 99.7. The van der Waals surface area contributed by atoms with Gasteiger partial charge in [0.25, 0.3) is 0 Å². The van der Waals surface area contributed by atoms with Crippen LogP contribution in [0.5, 0.6) is 0 Å². The molecule has 4 fully saturated rings. The fourth-order valence-electron chi connectivity index (χ4n) is 19.6. The second-order valence-electron chi connectivity index (χ2n) is 38.7. The Bertz CT molecular complexity index is 5650. The van der Waals surface area contributed by atoms with Crippen molar-refractivity contribution in [3.05, 3.63) is 308 Å². The van der Waals surface area contributed by atoms with Gasteiger partial charge in [0.05, 0.1) is 45.1 Å². The number of aliphatic hydroxyl groups is 4. The molecule has 4 saturated carbocycles. The monoisotopic (exact) mass is 2630 g/mol. The molecule has 0 amide bonds. The first-order valence-electron chi connectivity index (χ1n) is 51.7. The second kappa shape index (κ2) is 64.7. The zero-order valence-electron chi connectivity index (χ0n) is 87.7. The first-order valence-corrected chi connectivity index (χ1v) is 51.7. The van der Waals surface area contributed by atoms with Gasteiger partial charge in [-0.25, -0.2) is 0 Å². The Morgan fingerprint density at radius 3 is 0.894 bits per heavy atom. The van der Waals surface area contributed by atoms with Crippen LogP contribution in [0.1, 0.15) is 303 Å². The average molecular weight is 2620 g/mol. The summed E-state index contributed by atoms with van der Waals surface area (Å²) in [7, 11) is 0. The van der Waals surface area contributed by atoms with Crippen molar-refractivity contribution in [3.8, 4) is 45.0 Å². The fourth-order valence-corrected chi connectivity index (χ4v) is 19.6. The van der Waals surface area contributed by atoms with Crippen LogP contribution < -0.4 is 0 Å². The van der Waals surface area contributed by atoms with E-state index in [1.165, 1.54) is 162 Å². The molecule has 16 heteroatoms. The largest absolute Gasteiger partial charge is 0.512 e. The van der Waals surface area contributed by atoms with E-state index in [9.17, 15) is 34.5 Å². The van der Waals surface area contributed by atoms with Crippen LogP contribution in [-0.2, 0) is 125 Å². The first-order chi connectivity index (χ1) is 66.4. The van der Waals surface area contributed by atoms with E-state index in [1.807, 2.05) is 27.7 Å². The number of aryl methyl sites for hydroxylation is 12. The van der Waals surface area contributed by atoms with Gasteiger partial charge in [-0.05, 0) is 186 Å². The molecule has 4 aromatic heterocycles. The van der Waals surface area contributed by atoms with E-state index >= 15 is 0 Å². The molecule has 4 radical (unpaired) electrons. The number of pyridine rings is 4. The molecule has 16 rings (SSSR count). The maximum Gasteiger partial charge on any atom is 0.162 e. The number of aliphatic hydroxyl groups excluding tert-OH is 4.